The maximum absolute atomic E-state index is 10.8. The average molecular weight is 169 g/mol. The maximum atomic E-state index is 10.8. The number of rotatable bonds is 2. The van der Waals surface area contributed by atoms with Gasteiger partial charge in [-0.25, -0.2) is 0 Å². The SMILES string of the molecule is CC(=O)[C@@H](Cl)c1ccccc1. The molecule has 58 valence electrons. The predicted molar refractivity (Wildman–Crippen MR) is 45.7 cm³/mol. The molecule has 0 aliphatic rings. The molecule has 1 rings (SSSR count). The van der Waals surface area contributed by atoms with Crippen molar-refractivity contribution in [2.45, 2.75) is 12.3 Å². The van der Waals surface area contributed by atoms with E-state index in [0.29, 0.717) is 0 Å². The maximum Gasteiger partial charge on any atom is 0.152 e. The quantitative estimate of drug-likeness (QED) is 0.621. The van der Waals surface area contributed by atoms with E-state index in [1.54, 1.807) is 0 Å². The van der Waals surface area contributed by atoms with Crippen LogP contribution in [-0.4, -0.2) is 5.78 Å². The molecule has 0 aliphatic carbocycles. The van der Waals surface area contributed by atoms with Crippen molar-refractivity contribution >= 4 is 17.4 Å². The molecule has 0 amide bonds. The van der Waals surface area contributed by atoms with Crippen molar-refractivity contribution in [1.29, 1.82) is 0 Å². The lowest BCUT2D eigenvalue weighted by Gasteiger charge is -2.03. The summed E-state index contributed by atoms with van der Waals surface area (Å²) in [4.78, 5) is 10.8. The van der Waals surface area contributed by atoms with Gasteiger partial charge in [-0.15, -0.1) is 11.6 Å². The first-order valence-electron chi connectivity index (χ1n) is 3.41. The number of hydrogen-bond donors (Lipinski definition) is 0. The van der Waals surface area contributed by atoms with Crippen molar-refractivity contribution in [3.8, 4) is 0 Å². The minimum Gasteiger partial charge on any atom is -0.298 e. The molecule has 0 fully saturated rings. The smallest absolute Gasteiger partial charge is 0.152 e. The van der Waals surface area contributed by atoms with Gasteiger partial charge in [0.15, 0.2) is 5.78 Å². The predicted octanol–water partition coefficient (Wildman–Crippen LogP) is 2.56. The van der Waals surface area contributed by atoms with Gasteiger partial charge in [0, 0.05) is 0 Å². The van der Waals surface area contributed by atoms with E-state index in [-0.39, 0.29) is 5.78 Å². The topological polar surface area (TPSA) is 17.1 Å². The van der Waals surface area contributed by atoms with Gasteiger partial charge in [0.2, 0.25) is 0 Å². The fourth-order valence-corrected chi connectivity index (χ4v) is 1.00. The Labute approximate surface area is 71.0 Å². The fraction of sp³-hybridized carbons (Fsp3) is 0.222. The summed E-state index contributed by atoms with van der Waals surface area (Å²) < 4.78 is 0. The molecule has 1 aromatic carbocycles. The van der Waals surface area contributed by atoms with Crippen molar-refractivity contribution in [1.82, 2.24) is 0 Å². The van der Waals surface area contributed by atoms with Crippen LogP contribution in [0.4, 0.5) is 0 Å². The van der Waals surface area contributed by atoms with Crippen LogP contribution in [0.2, 0.25) is 0 Å². The Hall–Kier alpha value is -0.820. The van der Waals surface area contributed by atoms with E-state index >= 15 is 0 Å². The molecular weight excluding hydrogens is 160 g/mol. The summed E-state index contributed by atoms with van der Waals surface area (Å²) in [5, 5.41) is -0.490. The van der Waals surface area contributed by atoms with Gasteiger partial charge in [-0.05, 0) is 12.5 Å². The lowest BCUT2D eigenvalue weighted by atomic mass is 10.1. The molecule has 1 aromatic rings. The van der Waals surface area contributed by atoms with E-state index in [9.17, 15) is 4.79 Å². The lowest BCUT2D eigenvalue weighted by molar-refractivity contribution is -0.116. The van der Waals surface area contributed by atoms with Crippen molar-refractivity contribution in [3.63, 3.8) is 0 Å². The first-order chi connectivity index (χ1) is 5.22. The molecule has 0 bridgehead atoms. The third kappa shape index (κ3) is 2.05. The summed E-state index contributed by atoms with van der Waals surface area (Å²) >= 11 is 5.79. The Bertz CT molecular complexity index is 243. The minimum absolute atomic E-state index is 0.0159. The zero-order valence-corrected chi connectivity index (χ0v) is 7.01. The van der Waals surface area contributed by atoms with Gasteiger partial charge < -0.3 is 0 Å². The summed E-state index contributed by atoms with van der Waals surface area (Å²) in [6, 6.07) is 9.33. The Balaban J connectivity index is 2.85. The molecule has 11 heavy (non-hydrogen) atoms. The van der Waals surface area contributed by atoms with E-state index in [1.165, 1.54) is 6.92 Å². The molecule has 0 aromatic heterocycles. The molecule has 0 saturated carbocycles. The second-order valence-electron chi connectivity index (χ2n) is 2.38. The summed E-state index contributed by atoms with van der Waals surface area (Å²) in [7, 11) is 0. The summed E-state index contributed by atoms with van der Waals surface area (Å²) in [5.41, 5.74) is 0.863. The Morgan fingerprint density at radius 3 is 2.36 bits per heavy atom. The number of alkyl halides is 1. The second-order valence-corrected chi connectivity index (χ2v) is 2.82. The second kappa shape index (κ2) is 3.54. The third-order valence-corrected chi connectivity index (χ3v) is 2.01. The molecule has 0 heterocycles. The van der Waals surface area contributed by atoms with Crippen LogP contribution >= 0.6 is 11.6 Å². The van der Waals surface area contributed by atoms with Gasteiger partial charge in [0.1, 0.15) is 5.38 Å². The number of carbonyl (C=O) groups excluding carboxylic acids is 1. The van der Waals surface area contributed by atoms with E-state index in [4.69, 9.17) is 11.6 Å². The number of Topliss-reactive ketones (excluding diaryl/α,β-unsaturated/α-hetero) is 1. The zero-order valence-electron chi connectivity index (χ0n) is 6.25. The zero-order chi connectivity index (χ0) is 8.27. The van der Waals surface area contributed by atoms with Crippen LogP contribution in [-0.2, 0) is 4.79 Å². The Morgan fingerprint density at radius 2 is 1.91 bits per heavy atom. The average Bonchev–Trinajstić information content (AvgIpc) is 2.05. The van der Waals surface area contributed by atoms with Gasteiger partial charge in [0.05, 0.1) is 0 Å². The summed E-state index contributed by atoms with van der Waals surface area (Å²) in [5.74, 6) is -0.0159. The molecule has 0 radical (unpaired) electrons. The first kappa shape index (κ1) is 8.28. The van der Waals surface area contributed by atoms with Crippen LogP contribution in [0.1, 0.15) is 17.9 Å². The highest BCUT2D eigenvalue weighted by atomic mass is 35.5. The van der Waals surface area contributed by atoms with Gasteiger partial charge in [-0.2, -0.15) is 0 Å². The first-order valence-corrected chi connectivity index (χ1v) is 3.85. The molecule has 0 saturated heterocycles. The number of hydrogen-bond acceptors (Lipinski definition) is 1. The van der Waals surface area contributed by atoms with Crippen LogP contribution in [0.25, 0.3) is 0 Å². The number of halogens is 1. The molecular formula is C9H9ClO. The van der Waals surface area contributed by atoms with Crippen LogP contribution in [0.3, 0.4) is 0 Å². The highest BCUT2D eigenvalue weighted by Gasteiger charge is 2.11. The minimum atomic E-state index is -0.490. The van der Waals surface area contributed by atoms with Crippen LogP contribution in [0, 0.1) is 0 Å². The van der Waals surface area contributed by atoms with Crippen LogP contribution < -0.4 is 0 Å². The highest BCUT2D eigenvalue weighted by molar-refractivity contribution is 6.30. The normalized spacial score (nSPS) is 12.5. The number of carbonyl (C=O) groups is 1. The van der Waals surface area contributed by atoms with E-state index < -0.39 is 5.38 Å². The molecule has 0 unspecified atom stereocenters. The summed E-state index contributed by atoms with van der Waals surface area (Å²) in [6.07, 6.45) is 0. The molecule has 1 nitrogen and oxygen atoms in total. The fourth-order valence-electron chi connectivity index (χ4n) is 0.857. The summed E-state index contributed by atoms with van der Waals surface area (Å²) in [6.45, 7) is 1.49. The van der Waals surface area contributed by atoms with Crippen LogP contribution in [0.15, 0.2) is 30.3 Å². The van der Waals surface area contributed by atoms with Gasteiger partial charge in [0.25, 0.3) is 0 Å². The standard InChI is InChI=1S/C9H9ClO/c1-7(11)9(10)8-5-3-2-4-6-8/h2-6,9H,1H3/t9-/m1/s1. The Kier molecular flexibility index (Phi) is 2.66. The number of ketones is 1. The molecule has 2 heteroatoms. The lowest BCUT2D eigenvalue weighted by Crippen LogP contribution is -2.00. The monoisotopic (exact) mass is 168 g/mol. The molecule has 1 atom stereocenters. The van der Waals surface area contributed by atoms with Crippen LogP contribution in [0.5, 0.6) is 0 Å². The van der Waals surface area contributed by atoms with E-state index in [2.05, 4.69) is 0 Å². The van der Waals surface area contributed by atoms with Gasteiger partial charge in [-0.1, -0.05) is 30.3 Å². The Morgan fingerprint density at radius 1 is 1.36 bits per heavy atom. The third-order valence-electron chi connectivity index (χ3n) is 1.45. The van der Waals surface area contributed by atoms with Crippen molar-refractivity contribution < 1.29 is 4.79 Å². The van der Waals surface area contributed by atoms with E-state index in [0.717, 1.165) is 5.56 Å². The largest absolute Gasteiger partial charge is 0.298 e. The molecule has 0 spiro atoms. The van der Waals surface area contributed by atoms with Gasteiger partial charge >= 0.3 is 0 Å². The molecule has 0 aliphatic heterocycles. The molecule has 0 N–H and O–H groups in total. The van der Waals surface area contributed by atoms with Gasteiger partial charge in [-0.3, -0.25) is 4.79 Å². The van der Waals surface area contributed by atoms with Crippen molar-refractivity contribution in [3.05, 3.63) is 35.9 Å². The number of benzene rings is 1. The van der Waals surface area contributed by atoms with Crippen molar-refractivity contribution in [2.75, 3.05) is 0 Å². The highest BCUT2D eigenvalue weighted by Crippen LogP contribution is 2.20. The van der Waals surface area contributed by atoms with Crippen molar-refractivity contribution in [2.24, 2.45) is 0 Å². The van der Waals surface area contributed by atoms with E-state index in [1.807, 2.05) is 30.3 Å².